The second-order valence-corrected chi connectivity index (χ2v) is 7.35. The van der Waals surface area contributed by atoms with Crippen LogP contribution in [0.2, 0.25) is 0 Å². The van der Waals surface area contributed by atoms with Crippen LogP contribution in [0.25, 0.3) is 0 Å². The van der Waals surface area contributed by atoms with Crippen molar-refractivity contribution in [2.45, 2.75) is 52.3 Å². The number of ether oxygens (including phenoxy) is 1. The summed E-state index contributed by atoms with van der Waals surface area (Å²) in [5.41, 5.74) is 3.62. The summed E-state index contributed by atoms with van der Waals surface area (Å²) in [7, 11) is 0. The van der Waals surface area contributed by atoms with Crippen molar-refractivity contribution in [1.82, 2.24) is 10.2 Å². The molecule has 1 aliphatic rings. The van der Waals surface area contributed by atoms with E-state index < -0.39 is 6.10 Å². The third-order valence-corrected chi connectivity index (χ3v) is 5.03. The number of rotatable bonds is 8. The van der Waals surface area contributed by atoms with Gasteiger partial charge < -0.3 is 10.1 Å². The minimum atomic E-state index is -0.472. The lowest BCUT2D eigenvalue weighted by atomic mass is 10.1. The topological polar surface area (TPSA) is 41.6 Å². The third kappa shape index (κ3) is 5.83. The first kappa shape index (κ1) is 19.4. The molecule has 0 aliphatic carbocycles. The maximum atomic E-state index is 12.5. The number of hydrogen-bond acceptors (Lipinski definition) is 3. The Morgan fingerprint density at radius 2 is 1.81 bits per heavy atom. The minimum Gasteiger partial charge on any atom is -0.481 e. The van der Waals surface area contributed by atoms with E-state index >= 15 is 0 Å². The second-order valence-electron chi connectivity index (χ2n) is 7.35. The van der Waals surface area contributed by atoms with E-state index in [-0.39, 0.29) is 5.91 Å². The molecule has 0 saturated carbocycles. The van der Waals surface area contributed by atoms with Gasteiger partial charge in [-0.2, -0.15) is 0 Å². The van der Waals surface area contributed by atoms with Gasteiger partial charge >= 0.3 is 0 Å². The molecule has 1 amide bonds. The largest absolute Gasteiger partial charge is 0.481 e. The molecule has 3 rings (SSSR count). The van der Waals surface area contributed by atoms with Crippen molar-refractivity contribution in [3.8, 4) is 5.75 Å². The summed E-state index contributed by atoms with van der Waals surface area (Å²) >= 11 is 0. The van der Waals surface area contributed by atoms with E-state index in [2.05, 4.69) is 34.5 Å². The zero-order chi connectivity index (χ0) is 19.1. The fraction of sp³-hybridized carbons (Fsp3) is 0.435. The smallest absolute Gasteiger partial charge is 0.261 e. The number of nitrogens with zero attached hydrogens (tertiary/aromatic N) is 1. The van der Waals surface area contributed by atoms with Crippen LogP contribution in [0.1, 0.15) is 42.9 Å². The number of carbonyl (C=O) groups is 1. The van der Waals surface area contributed by atoms with E-state index in [0.717, 1.165) is 17.9 Å². The van der Waals surface area contributed by atoms with Gasteiger partial charge in [0.2, 0.25) is 0 Å². The molecule has 1 fully saturated rings. The molecular formula is C23H30N2O2. The maximum absolute atomic E-state index is 12.5. The van der Waals surface area contributed by atoms with Crippen LogP contribution in [-0.2, 0) is 17.9 Å². The maximum Gasteiger partial charge on any atom is 0.261 e. The molecule has 4 nitrogen and oxygen atoms in total. The fourth-order valence-electron chi connectivity index (χ4n) is 3.44. The quantitative estimate of drug-likeness (QED) is 0.766. The Balaban J connectivity index is 1.53. The average molecular weight is 367 g/mol. The highest BCUT2D eigenvalue weighted by Crippen LogP contribution is 2.16. The number of hydrogen-bond donors (Lipinski definition) is 1. The molecule has 1 N–H and O–H groups in total. The lowest BCUT2D eigenvalue weighted by molar-refractivity contribution is -0.128. The number of carbonyl (C=O) groups excluding carboxylic acids is 1. The van der Waals surface area contributed by atoms with Crippen molar-refractivity contribution in [3.05, 3.63) is 65.2 Å². The van der Waals surface area contributed by atoms with Crippen molar-refractivity contribution in [2.24, 2.45) is 0 Å². The van der Waals surface area contributed by atoms with E-state index in [0.29, 0.717) is 13.0 Å². The lowest BCUT2D eigenvalue weighted by Gasteiger charge is -2.18. The molecule has 1 saturated heterocycles. The number of amides is 1. The predicted octanol–water partition coefficient (Wildman–Crippen LogP) is 4.06. The van der Waals surface area contributed by atoms with E-state index in [1.807, 2.05) is 38.1 Å². The minimum absolute atomic E-state index is 0.0666. The van der Waals surface area contributed by atoms with Crippen LogP contribution >= 0.6 is 0 Å². The Hall–Kier alpha value is -2.33. The zero-order valence-electron chi connectivity index (χ0n) is 16.4. The van der Waals surface area contributed by atoms with Crippen LogP contribution in [-0.4, -0.2) is 30.0 Å². The summed E-state index contributed by atoms with van der Waals surface area (Å²) in [5.74, 6) is 0.665. The highest BCUT2D eigenvalue weighted by molar-refractivity contribution is 5.81. The Labute approximate surface area is 162 Å². The molecule has 1 atom stereocenters. The highest BCUT2D eigenvalue weighted by atomic mass is 16.5. The average Bonchev–Trinajstić information content (AvgIpc) is 3.19. The predicted molar refractivity (Wildman–Crippen MR) is 109 cm³/mol. The first-order valence-corrected chi connectivity index (χ1v) is 9.95. The fourth-order valence-corrected chi connectivity index (χ4v) is 3.44. The van der Waals surface area contributed by atoms with Gasteiger partial charge in [-0.05, 0) is 62.5 Å². The first-order chi connectivity index (χ1) is 13.1. The summed E-state index contributed by atoms with van der Waals surface area (Å²) in [4.78, 5) is 15.0. The van der Waals surface area contributed by atoms with Crippen LogP contribution < -0.4 is 10.1 Å². The van der Waals surface area contributed by atoms with Crippen molar-refractivity contribution in [3.63, 3.8) is 0 Å². The van der Waals surface area contributed by atoms with Crippen LogP contribution in [0.4, 0.5) is 0 Å². The molecule has 2 aromatic rings. The van der Waals surface area contributed by atoms with E-state index in [9.17, 15) is 4.79 Å². The van der Waals surface area contributed by atoms with Crippen molar-refractivity contribution < 1.29 is 9.53 Å². The summed E-state index contributed by atoms with van der Waals surface area (Å²) in [6, 6.07) is 16.3. The zero-order valence-corrected chi connectivity index (χ0v) is 16.4. The first-order valence-electron chi connectivity index (χ1n) is 9.95. The highest BCUT2D eigenvalue weighted by Gasteiger charge is 2.18. The van der Waals surface area contributed by atoms with Gasteiger partial charge in [0.15, 0.2) is 6.10 Å². The normalized spacial score (nSPS) is 15.5. The number of likely N-dealkylation sites (tertiary alicyclic amines) is 1. The number of benzene rings is 2. The Morgan fingerprint density at radius 1 is 1.11 bits per heavy atom. The van der Waals surface area contributed by atoms with Crippen molar-refractivity contribution in [1.29, 1.82) is 0 Å². The molecule has 1 heterocycles. The molecule has 1 aliphatic heterocycles. The van der Waals surface area contributed by atoms with Crippen LogP contribution in [0, 0.1) is 6.92 Å². The number of nitrogens with one attached hydrogen (secondary N) is 1. The molecular weight excluding hydrogens is 336 g/mol. The van der Waals surface area contributed by atoms with Crippen molar-refractivity contribution in [2.75, 3.05) is 13.1 Å². The lowest BCUT2D eigenvalue weighted by Crippen LogP contribution is -2.37. The van der Waals surface area contributed by atoms with Crippen LogP contribution in [0.15, 0.2) is 48.5 Å². The van der Waals surface area contributed by atoms with Gasteiger partial charge in [0.1, 0.15) is 5.75 Å². The molecule has 0 spiro atoms. The molecule has 27 heavy (non-hydrogen) atoms. The van der Waals surface area contributed by atoms with Gasteiger partial charge in [-0.25, -0.2) is 0 Å². The van der Waals surface area contributed by atoms with Gasteiger partial charge in [0.25, 0.3) is 5.91 Å². The molecule has 4 heteroatoms. The Kier molecular flexibility index (Phi) is 6.88. The summed E-state index contributed by atoms with van der Waals surface area (Å²) in [6.07, 6.45) is 2.76. The van der Waals surface area contributed by atoms with E-state index in [1.165, 1.54) is 37.1 Å². The van der Waals surface area contributed by atoms with Gasteiger partial charge in [-0.15, -0.1) is 0 Å². The molecule has 0 bridgehead atoms. The Bertz CT molecular complexity index is 736. The molecule has 0 unspecified atom stereocenters. The summed E-state index contributed by atoms with van der Waals surface area (Å²) < 4.78 is 5.86. The van der Waals surface area contributed by atoms with Crippen molar-refractivity contribution >= 4 is 5.91 Å². The number of aryl methyl sites for hydroxylation is 1. The third-order valence-electron chi connectivity index (χ3n) is 5.03. The molecule has 0 aromatic heterocycles. The van der Waals surface area contributed by atoms with Gasteiger partial charge in [0, 0.05) is 13.1 Å². The van der Waals surface area contributed by atoms with Crippen LogP contribution in [0.3, 0.4) is 0 Å². The van der Waals surface area contributed by atoms with Crippen LogP contribution in [0.5, 0.6) is 5.75 Å². The molecule has 144 valence electrons. The monoisotopic (exact) mass is 366 g/mol. The van der Waals surface area contributed by atoms with E-state index in [1.54, 1.807) is 0 Å². The van der Waals surface area contributed by atoms with E-state index in [4.69, 9.17) is 4.74 Å². The SMILES string of the molecule is CC[C@H](Oc1ccc(C)cc1)C(=O)NCc1cccc(CN2CCCC2)c1. The van der Waals surface area contributed by atoms with Gasteiger partial charge in [-0.3, -0.25) is 9.69 Å². The second kappa shape index (κ2) is 9.56. The summed E-state index contributed by atoms with van der Waals surface area (Å²) in [5, 5.41) is 3.02. The molecule has 0 radical (unpaired) electrons. The molecule has 2 aromatic carbocycles. The van der Waals surface area contributed by atoms with Gasteiger partial charge in [-0.1, -0.05) is 48.9 Å². The van der Waals surface area contributed by atoms with Gasteiger partial charge in [0.05, 0.1) is 0 Å². The summed E-state index contributed by atoms with van der Waals surface area (Å²) in [6.45, 7) is 7.90. The Morgan fingerprint density at radius 3 is 2.52 bits per heavy atom. The standard InChI is InChI=1S/C23H30N2O2/c1-3-22(27-21-11-9-18(2)10-12-21)23(26)24-16-19-7-6-8-20(15-19)17-25-13-4-5-14-25/h6-12,15,22H,3-5,13-14,16-17H2,1-2H3,(H,24,26)/t22-/m0/s1.